The zero-order valence-corrected chi connectivity index (χ0v) is 18.1. The Morgan fingerprint density at radius 3 is 2.39 bits per heavy atom. The van der Waals surface area contributed by atoms with Crippen molar-refractivity contribution in [3.05, 3.63) is 75.5 Å². The summed E-state index contributed by atoms with van der Waals surface area (Å²) in [5, 5.41) is 8.58. The average molecular weight is 495 g/mol. The molecule has 3 rings (SSSR count). The summed E-state index contributed by atoms with van der Waals surface area (Å²) in [5.74, 6) is -1.62. The van der Waals surface area contributed by atoms with Crippen LogP contribution in [0.15, 0.2) is 53.1 Å². The molecule has 2 aromatic carbocycles. The van der Waals surface area contributed by atoms with Gasteiger partial charge < -0.3 is 10.6 Å². The molecule has 0 atom stereocenters. The van der Waals surface area contributed by atoms with Crippen molar-refractivity contribution in [1.29, 1.82) is 0 Å². The number of rotatable bonds is 5. The summed E-state index contributed by atoms with van der Waals surface area (Å²) in [6.45, 7) is 3.09. The predicted molar refractivity (Wildman–Crippen MR) is 113 cm³/mol. The molecule has 10 heteroatoms. The molecule has 1 heterocycles. The van der Waals surface area contributed by atoms with Crippen LogP contribution in [-0.4, -0.2) is 28.1 Å². The standard InChI is InChI=1S/C21H18BrF3N4O2/c1-12-3-6-15(7-4-12)29-19(21(23,24)25)16(10-27-29)20(31)26-11-18(30)28-17-8-5-14(22)9-13(17)2/h3-10H,11H2,1-2H3,(H,26,31)(H,28,30). The van der Waals surface area contributed by atoms with E-state index >= 15 is 0 Å². The van der Waals surface area contributed by atoms with E-state index in [4.69, 9.17) is 0 Å². The van der Waals surface area contributed by atoms with E-state index in [0.717, 1.165) is 21.8 Å². The van der Waals surface area contributed by atoms with E-state index in [1.807, 2.05) is 0 Å². The summed E-state index contributed by atoms with van der Waals surface area (Å²) in [6.07, 6.45) is -3.99. The highest BCUT2D eigenvalue weighted by Gasteiger charge is 2.40. The lowest BCUT2D eigenvalue weighted by Gasteiger charge is -2.13. The van der Waals surface area contributed by atoms with Crippen LogP contribution in [-0.2, 0) is 11.0 Å². The van der Waals surface area contributed by atoms with Gasteiger partial charge in [0.05, 0.1) is 24.0 Å². The van der Waals surface area contributed by atoms with Crippen molar-refractivity contribution in [3.8, 4) is 5.69 Å². The minimum atomic E-state index is -4.83. The van der Waals surface area contributed by atoms with Crippen molar-refractivity contribution in [2.45, 2.75) is 20.0 Å². The number of carbonyl (C=O) groups excluding carboxylic acids is 2. The molecule has 0 saturated heterocycles. The third-order valence-corrected chi connectivity index (χ3v) is 4.93. The number of anilines is 1. The van der Waals surface area contributed by atoms with E-state index in [1.165, 1.54) is 12.1 Å². The summed E-state index contributed by atoms with van der Waals surface area (Å²) >= 11 is 3.31. The molecule has 0 fully saturated rings. The molecule has 162 valence electrons. The lowest BCUT2D eigenvalue weighted by Crippen LogP contribution is -2.34. The highest BCUT2D eigenvalue weighted by molar-refractivity contribution is 9.10. The van der Waals surface area contributed by atoms with E-state index in [9.17, 15) is 22.8 Å². The first-order chi connectivity index (χ1) is 14.6. The molecule has 0 spiro atoms. The molecule has 6 nitrogen and oxygen atoms in total. The van der Waals surface area contributed by atoms with Crippen LogP contribution in [0.25, 0.3) is 5.69 Å². The number of hydrogen-bond donors (Lipinski definition) is 2. The number of amides is 2. The fourth-order valence-corrected chi connectivity index (χ4v) is 3.36. The van der Waals surface area contributed by atoms with Crippen LogP contribution in [0.3, 0.4) is 0 Å². The van der Waals surface area contributed by atoms with Gasteiger partial charge in [-0.3, -0.25) is 9.59 Å². The Morgan fingerprint density at radius 1 is 1.10 bits per heavy atom. The average Bonchev–Trinajstić information content (AvgIpc) is 3.15. The van der Waals surface area contributed by atoms with Crippen molar-refractivity contribution < 1.29 is 22.8 Å². The molecule has 0 aliphatic heterocycles. The van der Waals surface area contributed by atoms with E-state index in [2.05, 4.69) is 31.7 Å². The second-order valence-electron chi connectivity index (χ2n) is 6.84. The van der Waals surface area contributed by atoms with Gasteiger partial charge in [0, 0.05) is 10.2 Å². The maximum absolute atomic E-state index is 13.7. The molecule has 2 amide bonds. The van der Waals surface area contributed by atoms with Gasteiger partial charge in [-0.1, -0.05) is 33.6 Å². The Morgan fingerprint density at radius 2 is 1.77 bits per heavy atom. The van der Waals surface area contributed by atoms with Crippen LogP contribution in [0.4, 0.5) is 18.9 Å². The fraction of sp³-hybridized carbons (Fsp3) is 0.190. The predicted octanol–water partition coefficient (Wildman–Crippen LogP) is 4.64. The lowest BCUT2D eigenvalue weighted by molar-refractivity contribution is -0.143. The summed E-state index contributed by atoms with van der Waals surface area (Å²) in [5.41, 5.74) is 0.479. The van der Waals surface area contributed by atoms with Crippen molar-refractivity contribution in [2.75, 3.05) is 11.9 Å². The van der Waals surface area contributed by atoms with Crippen LogP contribution >= 0.6 is 15.9 Å². The van der Waals surface area contributed by atoms with Crippen LogP contribution in [0.1, 0.15) is 27.2 Å². The van der Waals surface area contributed by atoms with Gasteiger partial charge in [0.2, 0.25) is 5.91 Å². The van der Waals surface area contributed by atoms with Crippen LogP contribution in [0, 0.1) is 13.8 Å². The number of nitrogens with one attached hydrogen (secondary N) is 2. The fourth-order valence-electron chi connectivity index (χ4n) is 2.89. The monoisotopic (exact) mass is 494 g/mol. The minimum Gasteiger partial charge on any atom is -0.343 e. The second-order valence-corrected chi connectivity index (χ2v) is 7.76. The molecule has 0 unspecified atom stereocenters. The smallest absolute Gasteiger partial charge is 0.343 e. The number of alkyl halides is 3. The number of hydrogen-bond acceptors (Lipinski definition) is 3. The van der Waals surface area contributed by atoms with Gasteiger partial charge in [-0.05, 0) is 49.7 Å². The number of aryl methyl sites for hydroxylation is 2. The van der Waals surface area contributed by atoms with Crippen LogP contribution in [0.5, 0.6) is 0 Å². The first kappa shape index (κ1) is 22.5. The highest BCUT2D eigenvalue weighted by Crippen LogP contribution is 2.33. The maximum atomic E-state index is 13.7. The molecular formula is C21H18BrF3N4O2. The van der Waals surface area contributed by atoms with Gasteiger partial charge in [-0.25, -0.2) is 4.68 Å². The number of carbonyl (C=O) groups is 2. The topological polar surface area (TPSA) is 76.0 Å². The SMILES string of the molecule is Cc1ccc(-n2ncc(C(=O)NCC(=O)Nc3ccc(Br)cc3C)c2C(F)(F)F)cc1. The Balaban J connectivity index is 1.77. The summed E-state index contributed by atoms with van der Waals surface area (Å²) in [7, 11) is 0. The summed E-state index contributed by atoms with van der Waals surface area (Å²) in [6, 6.07) is 11.4. The van der Waals surface area contributed by atoms with Gasteiger partial charge in [0.15, 0.2) is 5.69 Å². The van der Waals surface area contributed by atoms with Crippen LogP contribution in [0.2, 0.25) is 0 Å². The molecule has 0 bridgehead atoms. The highest BCUT2D eigenvalue weighted by atomic mass is 79.9. The molecule has 0 saturated carbocycles. The van der Waals surface area contributed by atoms with Crippen molar-refractivity contribution in [2.24, 2.45) is 0 Å². The molecule has 0 aliphatic carbocycles. The number of halogens is 4. The van der Waals surface area contributed by atoms with Gasteiger partial charge in [0.1, 0.15) is 0 Å². The van der Waals surface area contributed by atoms with Gasteiger partial charge in [0.25, 0.3) is 5.91 Å². The maximum Gasteiger partial charge on any atom is 0.434 e. The Hall–Kier alpha value is -3.14. The van der Waals surface area contributed by atoms with Crippen molar-refractivity contribution in [1.82, 2.24) is 15.1 Å². The Kier molecular flexibility index (Phi) is 6.49. The van der Waals surface area contributed by atoms with Gasteiger partial charge in [-0.2, -0.15) is 18.3 Å². The molecule has 2 N–H and O–H groups in total. The summed E-state index contributed by atoms with van der Waals surface area (Å²) in [4.78, 5) is 24.6. The molecule has 0 aliphatic rings. The van der Waals surface area contributed by atoms with Crippen molar-refractivity contribution in [3.63, 3.8) is 0 Å². The molecule has 0 radical (unpaired) electrons. The van der Waals surface area contributed by atoms with E-state index < -0.39 is 35.8 Å². The first-order valence-electron chi connectivity index (χ1n) is 9.12. The largest absolute Gasteiger partial charge is 0.434 e. The van der Waals surface area contributed by atoms with E-state index in [0.29, 0.717) is 10.4 Å². The first-order valence-corrected chi connectivity index (χ1v) is 9.92. The summed E-state index contributed by atoms with van der Waals surface area (Å²) < 4.78 is 42.6. The van der Waals surface area contributed by atoms with Gasteiger partial charge in [-0.15, -0.1) is 0 Å². The minimum absolute atomic E-state index is 0.167. The lowest BCUT2D eigenvalue weighted by atomic mass is 10.2. The van der Waals surface area contributed by atoms with Crippen molar-refractivity contribution >= 4 is 33.4 Å². The second kappa shape index (κ2) is 8.93. The van der Waals surface area contributed by atoms with E-state index in [-0.39, 0.29) is 5.69 Å². The van der Waals surface area contributed by atoms with Gasteiger partial charge >= 0.3 is 6.18 Å². The zero-order chi connectivity index (χ0) is 22.8. The Labute approximate surface area is 184 Å². The Bertz CT molecular complexity index is 1120. The molecular weight excluding hydrogens is 477 g/mol. The third kappa shape index (κ3) is 5.32. The number of nitrogens with zero attached hydrogens (tertiary/aromatic N) is 2. The van der Waals surface area contributed by atoms with Crippen LogP contribution < -0.4 is 10.6 Å². The number of benzene rings is 2. The molecule has 3 aromatic rings. The zero-order valence-electron chi connectivity index (χ0n) is 16.5. The molecule has 31 heavy (non-hydrogen) atoms. The van der Waals surface area contributed by atoms with E-state index in [1.54, 1.807) is 44.2 Å². The number of aromatic nitrogens is 2. The third-order valence-electron chi connectivity index (χ3n) is 4.43. The normalized spacial score (nSPS) is 11.3. The quantitative estimate of drug-likeness (QED) is 0.542. The molecule has 1 aromatic heterocycles.